The molecule has 4 nitrogen and oxygen atoms in total. The van der Waals surface area contributed by atoms with E-state index in [0.717, 1.165) is 0 Å². The van der Waals surface area contributed by atoms with Crippen LogP contribution in [0.2, 0.25) is 5.02 Å². The number of carbonyl (C=O) groups excluding carboxylic acids is 1. The Bertz CT molecular complexity index is 304. The lowest BCUT2D eigenvalue weighted by Gasteiger charge is -2.01. The number of nitrogens with zero attached hydrogens (tertiary/aromatic N) is 1. The third-order valence-electron chi connectivity index (χ3n) is 1.35. The number of aliphatic hydroxyl groups excluding tert-OH is 1. The van der Waals surface area contributed by atoms with Gasteiger partial charge < -0.3 is 10.4 Å². The summed E-state index contributed by atoms with van der Waals surface area (Å²) >= 11 is 5.65. The number of hydrogen-bond donors (Lipinski definition) is 2. The van der Waals surface area contributed by atoms with Gasteiger partial charge in [0.1, 0.15) is 5.69 Å². The standard InChI is InChI=1S/C8H9ClN2O2/c9-6-1-2-10-7(5-6)8(13)11-3-4-12/h1-2,5,12H,3-4H2,(H,11,13). The van der Waals surface area contributed by atoms with Crippen LogP contribution in [-0.4, -0.2) is 29.1 Å². The van der Waals surface area contributed by atoms with E-state index in [1.54, 1.807) is 6.07 Å². The molecule has 5 heteroatoms. The number of aromatic nitrogens is 1. The van der Waals surface area contributed by atoms with E-state index in [-0.39, 0.29) is 24.8 Å². The summed E-state index contributed by atoms with van der Waals surface area (Å²) in [7, 11) is 0. The zero-order chi connectivity index (χ0) is 9.68. The first-order valence-electron chi connectivity index (χ1n) is 3.74. The molecule has 1 heterocycles. The number of rotatable bonds is 3. The maximum atomic E-state index is 11.2. The van der Waals surface area contributed by atoms with Crippen molar-refractivity contribution < 1.29 is 9.90 Å². The van der Waals surface area contributed by atoms with E-state index in [4.69, 9.17) is 16.7 Å². The maximum Gasteiger partial charge on any atom is 0.270 e. The summed E-state index contributed by atoms with van der Waals surface area (Å²) in [5, 5.41) is 11.4. The fraction of sp³-hybridized carbons (Fsp3) is 0.250. The molecular weight excluding hydrogens is 192 g/mol. The first kappa shape index (κ1) is 9.95. The molecule has 1 rings (SSSR count). The van der Waals surface area contributed by atoms with Crippen molar-refractivity contribution in [1.29, 1.82) is 0 Å². The highest BCUT2D eigenvalue weighted by Gasteiger charge is 2.05. The van der Waals surface area contributed by atoms with Crippen molar-refractivity contribution in [1.82, 2.24) is 10.3 Å². The third-order valence-corrected chi connectivity index (χ3v) is 1.59. The Hall–Kier alpha value is -1.13. The molecule has 0 fully saturated rings. The number of nitrogens with one attached hydrogen (secondary N) is 1. The highest BCUT2D eigenvalue weighted by Crippen LogP contribution is 2.07. The van der Waals surface area contributed by atoms with Crippen molar-refractivity contribution in [3.63, 3.8) is 0 Å². The van der Waals surface area contributed by atoms with Gasteiger partial charge in [0, 0.05) is 17.8 Å². The van der Waals surface area contributed by atoms with Crippen LogP contribution in [0.1, 0.15) is 10.5 Å². The van der Waals surface area contributed by atoms with E-state index in [1.165, 1.54) is 12.3 Å². The minimum absolute atomic E-state index is 0.0910. The molecular formula is C8H9ClN2O2. The molecule has 0 unspecified atom stereocenters. The highest BCUT2D eigenvalue weighted by molar-refractivity contribution is 6.30. The van der Waals surface area contributed by atoms with Crippen LogP contribution in [0.5, 0.6) is 0 Å². The maximum absolute atomic E-state index is 11.2. The number of carbonyl (C=O) groups is 1. The lowest BCUT2D eigenvalue weighted by molar-refractivity contribution is 0.0940. The van der Waals surface area contributed by atoms with Gasteiger partial charge in [-0.1, -0.05) is 11.6 Å². The number of aliphatic hydroxyl groups is 1. The summed E-state index contributed by atoms with van der Waals surface area (Å²) in [6, 6.07) is 3.05. The van der Waals surface area contributed by atoms with Crippen LogP contribution in [0, 0.1) is 0 Å². The van der Waals surface area contributed by atoms with Crippen molar-refractivity contribution in [2.75, 3.05) is 13.2 Å². The SMILES string of the molecule is O=C(NCCO)c1cc(Cl)ccn1. The summed E-state index contributed by atoms with van der Waals surface area (Å²) in [5.41, 5.74) is 0.251. The lowest BCUT2D eigenvalue weighted by Crippen LogP contribution is -2.27. The van der Waals surface area contributed by atoms with Gasteiger partial charge in [-0.15, -0.1) is 0 Å². The first-order chi connectivity index (χ1) is 6.24. The van der Waals surface area contributed by atoms with Crippen LogP contribution < -0.4 is 5.32 Å². The minimum Gasteiger partial charge on any atom is -0.395 e. The molecule has 0 atom stereocenters. The second kappa shape index (κ2) is 4.79. The third kappa shape index (κ3) is 3.01. The van der Waals surface area contributed by atoms with Crippen molar-refractivity contribution >= 4 is 17.5 Å². The largest absolute Gasteiger partial charge is 0.395 e. The molecule has 1 amide bonds. The van der Waals surface area contributed by atoms with Crippen molar-refractivity contribution in [3.8, 4) is 0 Å². The zero-order valence-corrected chi connectivity index (χ0v) is 7.58. The van der Waals surface area contributed by atoms with E-state index < -0.39 is 0 Å². The molecule has 0 aliphatic rings. The Morgan fingerprint density at radius 1 is 1.69 bits per heavy atom. The van der Waals surface area contributed by atoms with Gasteiger partial charge in [0.05, 0.1) is 6.61 Å². The second-order valence-corrected chi connectivity index (χ2v) is 2.78. The fourth-order valence-electron chi connectivity index (χ4n) is 0.789. The molecule has 2 N–H and O–H groups in total. The topological polar surface area (TPSA) is 62.2 Å². The molecule has 1 aromatic heterocycles. The molecule has 0 radical (unpaired) electrons. The van der Waals surface area contributed by atoms with Gasteiger partial charge in [-0.3, -0.25) is 9.78 Å². The van der Waals surface area contributed by atoms with E-state index in [0.29, 0.717) is 5.02 Å². The zero-order valence-electron chi connectivity index (χ0n) is 6.83. The summed E-state index contributed by atoms with van der Waals surface area (Å²) in [6.45, 7) is 0.124. The Morgan fingerprint density at radius 3 is 3.08 bits per heavy atom. The van der Waals surface area contributed by atoms with Gasteiger partial charge in [0.25, 0.3) is 5.91 Å². The van der Waals surface area contributed by atoms with Crippen LogP contribution in [0.15, 0.2) is 18.3 Å². The Balaban J connectivity index is 2.66. The summed E-state index contributed by atoms with van der Waals surface area (Å²) in [4.78, 5) is 15.0. The molecule has 0 aliphatic carbocycles. The van der Waals surface area contributed by atoms with Crippen LogP contribution >= 0.6 is 11.6 Å². The summed E-state index contributed by atoms with van der Waals surface area (Å²) < 4.78 is 0. The predicted octanol–water partition coefficient (Wildman–Crippen LogP) is 0.457. The molecule has 1 aromatic rings. The average molecular weight is 201 g/mol. The van der Waals surface area contributed by atoms with Crippen molar-refractivity contribution in [2.45, 2.75) is 0 Å². The van der Waals surface area contributed by atoms with Crippen LogP contribution in [0.4, 0.5) is 0 Å². The van der Waals surface area contributed by atoms with E-state index in [2.05, 4.69) is 10.3 Å². The van der Waals surface area contributed by atoms with Crippen LogP contribution in [-0.2, 0) is 0 Å². The molecule has 0 aromatic carbocycles. The summed E-state index contributed by atoms with van der Waals surface area (Å²) in [6.07, 6.45) is 1.45. The van der Waals surface area contributed by atoms with Gasteiger partial charge >= 0.3 is 0 Å². The van der Waals surface area contributed by atoms with E-state index in [1.807, 2.05) is 0 Å². The second-order valence-electron chi connectivity index (χ2n) is 2.34. The van der Waals surface area contributed by atoms with Gasteiger partial charge in [0.15, 0.2) is 0 Å². The fourth-order valence-corrected chi connectivity index (χ4v) is 0.949. The Kier molecular flexibility index (Phi) is 3.67. The molecule has 0 saturated carbocycles. The first-order valence-corrected chi connectivity index (χ1v) is 4.12. The molecule has 0 bridgehead atoms. The van der Waals surface area contributed by atoms with Crippen LogP contribution in [0.25, 0.3) is 0 Å². The number of hydrogen-bond acceptors (Lipinski definition) is 3. The van der Waals surface area contributed by atoms with E-state index >= 15 is 0 Å². The van der Waals surface area contributed by atoms with Gasteiger partial charge in [-0.05, 0) is 12.1 Å². The summed E-state index contributed by atoms with van der Waals surface area (Å²) in [5.74, 6) is -0.337. The van der Waals surface area contributed by atoms with E-state index in [9.17, 15) is 4.79 Å². The normalized spacial score (nSPS) is 9.69. The smallest absolute Gasteiger partial charge is 0.270 e. The number of halogens is 1. The molecule has 0 aliphatic heterocycles. The molecule has 0 spiro atoms. The van der Waals surface area contributed by atoms with Gasteiger partial charge in [-0.2, -0.15) is 0 Å². The Morgan fingerprint density at radius 2 is 2.46 bits per heavy atom. The van der Waals surface area contributed by atoms with Crippen molar-refractivity contribution in [3.05, 3.63) is 29.0 Å². The average Bonchev–Trinajstić information content (AvgIpc) is 2.14. The Labute approximate surface area is 80.6 Å². The molecule has 0 saturated heterocycles. The highest BCUT2D eigenvalue weighted by atomic mass is 35.5. The number of amides is 1. The molecule has 13 heavy (non-hydrogen) atoms. The number of pyridine rings is 1. The monoisotopic (exact) mass is 200 g/mol. The lowest BCUT2D eigenvalue weighted by atomic mass is 10.3. The van der Waals surface area contributed by atoms with Crippen molar-refractivity contribution in [2.24, 2.45) is 0 Å². The van der Waals surface area contributed by atoms with Crippen LogP contribution in [0.3, 0.4) is 0 Å². The van der Waals surface area contributed by atoms with Gasteiger partial charge in [0.2, 0.25) is 0 Å². The minimum atomic E-state index is -0.337. The predicted molar refractivity (Wildman–Crippen MR) is 48.7 cm³/mol. The van der Waals surface area contributed by atoms with Gasteiger partial charge in [-0.25, -0.2) is 0 Å². The quantitative estimate of drug-likeness (QED) is 0.745. The molecule has 70 valence electrons.